The molecule has 34 heavy (non-hydrogen) atoms. The van der Waals surface area contributed by atoms with Gasteiger partial charge in [-0.05, 0) is 24.3 Å². The first-order valence-electron chi connectivity index (χ1n) is 10.5. The number of hydrogen-bond acceptors (Lipinski definition) is 6. The van der Waals surface area contributed by atoms with Crippen molar-refractivity contribution < 1.29 is 29.0 Å². The van der Waals surface area contributed by atoms with Gasteiger partial charge in [0.1, 0.15) is 11.3 Å². The minimum atomic E-state index is -1.37. The summed E-state index contributed by atoms with van der Waals surface area (Å²) in [4.78, 5) is 29.5. The van der Waals surface area contributed by atoms with Crippen molar-refractivity contribution in [3.63, 3.8) is 0 Å². The second kappa shape index (κ2) is 6.43. The number of aromatic hydroxyl groups is 1. The van der Waals surface area contributed by atoms with Crippen LogP contribution in [0.3, 0.4) is 0 Å². The largest absolute Gasteiger partial charge is 0.480 e. The molecule has 7 rings (SSSR count). The average Bonchev–Trinajstić information content (AvgIpc) is 3.51. The van der Waals surface area contributed by atoms with Gasteiger partial charge in [-0.25, -0.2) is 4.99 Å². The van der Waals surface area contributed by atoms with Crippen molar-refractivity contribution in [3.8, 4) is 11.7 Å². The summed E-state index contributed by atoms with van der Waals surface area (Å²) in [6.45, 7) is 0. The fraction of sp³-hybridized carbons (Fsp3) is 0.0385. The number of benzene rings is 3. The SMILES string of the molecule is O=C1N=c2ccccc2=C1c1c(O)oc2cc3c(cc12)OC(O)/C3=C1/C(=O)Nc2ccccc21. The van der Waals surface area contributed by atoms with Crippen LogP contribution in [0.5, 0.6) is 11.7 Å². The molecule has 1 atom stereocenters. The van der Waals surface area contributed by atoms with Gasteiger partial charge < -0.3 is 24.7 Å². The van der Waals surface area contributed by atoms with Gasteiger partial charge >= 0.3 is 0 Å². The van der Waals surface area contributed by atoms with E-state index >= 15 is 0 Å². The first-order valence-corrected chi connectivity index (χ1v) is 10.5. The second-order valence-corrected chi connectivity index (χ2v) is 8.19. The third kappa shape index (κ3) is 2.37. The molecule has 0 fully saturated rings. The molecule has 2 amide bonds. The normalized spacial score (nSPS) is 20.1. The van der Waals surface area contributed by atoms with Gasteiger partial charge in [0, 0.05) is 33.0 Å². The molecule has 0 aliphatic carbocycles. The Balaban J connectivity index is 1.49. The van der Waals surface area contributed by atoms with E-state index in [0.717, 1.165) is 0 Å². The first kappa shape index (κ1) is 18.8. The number of nitrogens with one attached hydrogen (secondary N) is 1. The van der Waals surface area contributed by atoms with E-state index in [1.165, 1.54) is 0 Å². The van der Waals surface area contributed by atoms with Gasteiger partial charge in [-0.1, -0.05) is 36.4 Å². The van der Waals surface area contributed by atoms with E-state index in [1.54, 1.807) is 48.5 Å². The van der Waals surface area contributed by atoms with Crippen LogP contribution in [-0.2, 0) is 9.59 Å². The summed E-state index contributed by atoms with van der Waals surface area (Å²) in [7, 11) is 0. The summed E-state index contributed by atoms with van der Waals surface area (Å²) in [6.07, 6.45) is -1.37. The van der Waals surface area contributed by atoms with Gasteiger partial charge in [0.25, 0.3) is 17.8 Å². The van der Waals surface area contributed by atoms with Crippen LogP contribution in [-0.4, -0.2) is 28.3 Å². The molecule has 4 heterocycles. The van der Waals surface area contributed by atoms with E-state index in [1.807, 2.05) is 12.1 Å². The van der Waals surface area contributed by atoms with Crippen molar-refractivity contribution in [1.29, 1.82) is 0 Å². The molecule has 3 aliphatic rings. The van der Waals surface area contributed by atoms with E-state index in [-0.39, 0.29) is 22.6 Å². The number of fused-ring (bicyclic) bond motifs is 4. The highest BCUT2D eigenvalue weighted by atomic mass is 16.6. The highest BCUT2D eigenvalue weighted by molar-refractivity contribution is 6.37. The first-order chi connectivity index (χ1) is 16.5. The number of anilines is 1. The second-order valence-electron chi connectivity index (χ2n) is 8.19. The quantitative estimate of drug-likeness (QED) is 0.382. The van der Waals surface area contributed by atoms with Crippen molar-refractivity contribution in [2.45, 2.75) is 6.29 Å². The molecule has 164 valence electrons. The van der Waals surface area contributed by atoms with Crippen molar-refractivity contribution in [2.75, 3.05) is 5.32 Å². The van der Waals surface area contributed by atoms with Crippen molar-refractivity contribution in [1.82, 2.24) is 0 Å². The molecular formula is C26H14N2O6. The lowest BCUT2D eigenvalue weighted by atomic mass is 9.94. The van der Waals surface area contributed by atoms with Gasteiger partial charge in [0.2, 0.25) is 6.29 Å². The zero-order valence-corrected chi connectivity index (χ0v) is 17.3. The maximum atomic E-state index is 12.8. The minimum absolute atomic E-state index is 0.208. The Kier molecular flexibility index (Phi) is 3.56. The van der Waals surface area contributed by atoms with E-state index in [0.29, 0.717) is 49.7 Å². The Morgan fingerprint density at radius 1 is 0.941 bits per heavy atom. The molecule has 0 saturated heterocycles. The lowest BCUT2D eigenvalue weighted by molar-refractivity contribution is -0.112. The molecule has 3 N–H and O–H groups in total. The summed E-state index contributed by atoms with van der Waals surface area (Å²) in [6, 6.07) is 17.4. The summed E-state index contributed by atoms with van der Waals surface area (Å²) in [5.41, 5.74) is 3.10. The summed E-state index contributed by atoms with van der Waals surface area (Å²) >= 11 is 0. The summed E-state index contributed by atoms with van der Waals surface area (Å²) in [5.74, 6) is -0.951. The van der Waals surface area contributed by atoms with Gasteiger partial charge in [-0.15, -0.1) is 0 Å². The van der Waals surface area contributed by atoms with E-state index < -0.39 is 18.1 Å². The highest BCUT2D eigenvalue weighted by Crippen LogP contribution is 2.48. The number of aliphatic hydroxyl groups is 1. The molecule has 0 bridgehead atoms. The number of amides is 2. The molecule has 0 saturated carbocycles. The van der Waals surface area contributed by atoms with Gasteiger partial charge in [-0.2, -0.15) is 0 Å². The number of para-hydroxylation sites is 2. The van der Waals surface area contributed by atoms with E-state index in [9.17, 15) is 19.8 Å². The lowest BCUT2D eigenvalue weighted by Crippen LogP contribution is -2.22. The van der Waals surface area contributed by atoms with Crippen LogP contribution in [0.25, 0.3) is 27.7 Å². The Morgan fingerprint density at radius 2 is 1.74 bits per heavy atom. The van der Waals surface area contributed by atoms with Gasteiger partial charge in [0.05, 0.1) is 22.1 Å². The standard InChI is InChI=1S/C26H14N2O6/c29-23-19(11-5-1-3-7-15(11)27-23)21-13-9-18-14(10-17(13)33-25(21)31)22(26(32)34-18)20-12-6-2-4-8-16(12)28-24(20)30/h1-10,25,31-32H,(H,27,29)/b21-19+. The number of rotatable bonds is 1. The van der Waals surface area contributed by atoms with Gasteiger partial charge in [-0.3, -0.25) is 9.59 Å². The minimum Gasteiger partial charge on any atom is -0.480 e. The third-order valence-corrected chi connectivity index (χ3v) is 6.35. The topological polar surface area (TPSA) is 121 Å². The predicted octanol–water partition coefficient (Wildman–Crippen LogP) is 2.07. The molecule has 4 aromatic rings. The van der Waals surface area contributed by atoms with E-state index in [2.05, 4.69) is 10.3 Å². The van der Waals surface area contributed by atoms with Gasteiger partial charge in [0.15, 0.2) is 0 Å². The monoisotopic (exact) mass is 450 g/mol. The molecule has 1 unspecified atom stereocenters. The Morgan fingerprint density at radius 3 is 2.62 bits per heavy atom. The molecule has 3 aliphatic heterocycles. The van der Waals surface area contributed by atoms with Crippen LogP contribution < -0.4 is 20.6 Å². The Bertz CT molecular complexity index is 1780. The maximum absolute atomic E-state index is 12.8. The molecule has 8 heteroatoms. The smallest absolute Gasteiger partial charge is 0.291 e. The zero-order chi connectivity index (χ0) is 23.1. The molecule has 0 spiro atoms. The summed E-state index contributed by atoms with van der Waals surface area (Å²) < 4.78 is 11.3. The maximum Gasteiger partial charge on any atom is 0.291 e. The van der Waals surface area contributed by atoms with Crippen LogP contribution in [0.1, 0.15) is 16.7 Å². The fourth-order valence-electron chi connectivity index (χ4n) is 4.92. The predicted molar refractivity (Wildman–Crippen MR) is 121 cm³/mol. The zero-order valence-electron chi connectivity index (χ0n) is 17.3. The number of carbonyl (C=O) groups excluding carboxylic acids is 2. The van der Waals surface area contributed by atoms with Crippen LogP contribution in [0.4, 0.5) is 5.69 Å². The average molecular weight is 450 g/mol. The molecule has 1 aromatic heterocycles. The number of ether oxygens (including phenoxy) is 1. The Hall–Kier alpha value is -4.69. The van der Waals surface area contributed by atoms with Crippen molar-refractivity contribution in [2.24, 2.45) is 4.99 Å². The molecule has 3 aromatic carbocycles. The lowest BCUT2D eigenvalue weighted by Gasteiger charge is -2.07. The molecular weight excluding hydrogens is 436 g/mol. The number of hydrogen-bond donors (Lipinski definition) is 3. The number of nitrogens with zero attached hydrogens (tertiary/aromatic N) is 1. The fourth-order valence-corrected chi connectivity index (χ4v) is 4.92. The van der Waals surface area contributed by atoms with Crippen LogP contribution in [0.15, 0.2) is 70.1 Å². The number of carbonyl (C=O) groups is 2. The summed E-state index contributed by atoms with van der Waals surface area (Å²) in [5, 5.41) is 25.8. The number of furan rings is 1. The van der Waals surface area contributed by atoms with Crippen molar-refractivity contribution >= 4 is 45.2 Å². The van der Waals surface area contributed by atoms with Crippen LogP contribution in [0.2, 0.25) is 0 Å². The molecule has 0 radical (unpaired) electrons. The van der Waals surface area contributed by atoms with Crippen LogP contribution >= 0.6 is 0 Å². The van der Waals surface area contributed by atoms with Crippen molar-refractivity contribution in [3.05, 3.63) is 87.9 Å². The number of aliphatic hydroxyl groups excluding tert-OH is 1. The van der Waals surface area contributed by atoms with E-state index in [4.69, 9.17) is 9.15 Å². The highest BCUT2D eigenvalue weighted by Gasteiger charge is 2.38. The Labute approximate surface area is 190 Å². The van der Waals surface area contributed by atoms with Crippen LogP contribution in [0, 0.1) is 0 Å². The molecule has 8 nitrogen and oxygen atoms in total. The third-order valence-electron chi connectivity index (χ3n) is 6.35.